The molecule has 60 valence electrons. The first-order valence-corrected chi connectivity index (χ1v) is 3.47. The van der Waals surface area contributed by atoms with E-state index in [0.717, 1.165) is 0 Å². The summed E-state index contributed by atoms with van der Waals surface area (Å²) in [6.07, 6.45) is 0.711. The van der Waals surface area contributed by atoms with E-state index in [4.69, 9.17) is 0 Å². The van der Waals surface area contributed by atoms with Crippen molar-refractivity contribution in [3.63, 3.8) is 0 Å². The molecule has 0 unspecified atom stereocenters. The van der Waals surface area contributed by atoms with Gasteiger partial charge in [0.2, 0.25) is 0 Å². The minimum atomic E-state index is -0.687. The normalized spacial score (nSPS) is 8.42. The molecule has 0 saturated carbocycles. The molecular formula is C10H7FO. The van der Waals surface area contributed by atoms with Gasteiger partial charge in [0.25, 0.3) is 0 Å². The van der Waals surface area contributed by atoms with Gasteiger partial charge in [0, 0.05) is 11.1 Å². The number of halogens is 1. The lowest BCUT2D eigenvalue weighted by Gasteiger charge is -1.92. The summed E-state index contributed by atoms with van der Waals surface area (Å²) in [7, 11) is 0. The van der Waals surface area contributed by atoms with Crippen molar-refractivity contribution in [2.45, 2.75) is 0 Å². The van der Waals surface area contributed by atoms with E-state index in [-0.39, 0.29) is 0 Å². The second-order valence-corrected chi connectivity index (χ2v) is 2.14. The molecule has 0 heterocycles. The number of aldehydes is 1. The molecule has 0 fully saturated rings. The number of hydrogen-bond donors (Lipinski definition) is 0. The van der Waals surface area contributed by atoms with Crippen LogP contribution in [0.15, 0.2) is 24.3 Å². The minimum absolute atomic E-state index is 0.499. The van der Waals surface area contributed by atoms with Crippen molar-refractivity contribution < 1.29 is 9.18 Å². The Bertz CT molecular complexity index is 333. The lowest BCUT2D eigenvalue weighted by Crippen LogP contribution is -1.85. The number of alkyl halides is 1. The van der Waals surface area contributed by atoms with E-state index in [1.54, 1.807) is 24.3 Å². The van der Waals surface area contributed by atoms with Crippen molar-refractivity contribution in [3.8, 4) is 11.8 Å². The summed E-state index contributed by atoms with van der Waals surface area (Å²) in [5.41, 5.74) is 1.07. The lowest BCUT2D eigenvalue weighted by atomic mass is 10.1. The van der Waals surface area contributed by atoms with Gasteiger partial charge < -0.3 is 0 Å². The van der Waals surface area contributed by atoms with Crippen LogP contribution in [-0.4, -0.2) is 13.0 Å². The third-order valence-corrected chi connectivity index (χ3v) is 1.38. The zero-order chi connectivity index (χ0) is 8.81. The van der Waals surface area contributed by atoms with Gasteiger partial charge in [-0.2, -0.15) is 0 Å². The SMILES string of the molecule is O=Cc1ccccc1C#CCF. The molecule has 1 rings (SSSR count). The van der Waals surface area contributed by atoms with E-state index in [1.165, 1.54) is 0 Å². The van der Waals surface area contributed by atoms with Crippen LogP contribution < -0.4 is 0 Å². The standard InChI is InChI=1S/C10H7FO/c11-7-3-6-9-4-1-2-5-10(9)8-12/h1-2,4-5,8H,7H2. The number of carbonyl (C=O) groups excluding carboxylic acids is 1. The van der Waals surface area contributed by atoms with Gasteiger partial charge in [-0.1, -0.05) is 30.0 Å². The summed E-state index contributed by atoms with van der Waals surface area (Å²) in [5.74, 6) is 4.82. The van der Waals surface area contributed by atoms with Gasteiger partial charge >= 0.3 is 0 Å². The van der Waals surface area contributed by atoms with Crippen LogP contribution in [0.1, 0.15) is 15.9 Å². The Morgan fingerprint density at radius 3 is 2.83 bits per heavy atom. The first kappa shape index (κ1) is 8.48. The number of hydrogen-bond acceptors (Lipinski definition) is 1. The molecule has 1 aromatic carbocycles. The van der Waals surface area contributed by atoms with Gasteiger partial charge in [-0.15, -0.1) is 0 Å². The third-order valence-electron chi connectivity index (χ3n) is 1.38. The Balaban J connectivity index is 3.05. The van der Waals surface area contributed by atoms with E-state index in [1.807, 2.05) is 0 Å². The molecule has 0 aromatic heterocycles. The van der Waals surface area contributed by atoms with Gasteiger partial charge in [0.1, 0.15) is 0 Å². The van der Waals surface area contributed by atoms with E-state index >= 15 is 0 Å². The fourth-order valence-electron chi connectivity index (χ4n) is 0.842. The van der Waals surface area contributed by atoms with Gasteiger partial charge in [0.15, 0.2) is 13.0 Å². The average Bonchev–Trinajstić information content (AvgIpc) is 2.15. The summed E-state index contributed by atoms with van der Waals surface area (Å²) >= 11 is 0. The molecular weight excluding hydrogens is 155 g/mol. The largest absolute Gasteiger partial charge is 0.298 e. The second-order valence-electron chi connectivity index (χ2n) is 2.14. The molecule has 2 heteroatoms. The van der Waals surface area contributed by atoms with E-state index in [9.17, 15) is 9.18 Å². The molecule has 0 N–H and O–H groups in total. The summed E-state index contributed by atoms with van der Waals surface area (Å²) < 4.78 is 11.7. The zero-order valence-corrected chi connectivity index (χ0v) is 6.38. The fraction of sp³-hybridized carbons (Fsp3) is 0.100. The fourth-order valence-corrected chi connectivity index (χ4v) is 0.842. The highest BCUT2D eigenvalue weighted by atomic mass is 19.1. The predicted molar refractivity (Wildman–Crippen MR) is 44.7 cm³/mol. The van der Waals surface area contributed by atoms with Crippen LogP contribution in [-0.2, 0) is 0 Å². The van der Waals surface area contributed by atoms with Crippen LogP contribution in [0.2, 0.25) is 0 Å². The van der Waals surface area contributed by atoms with Crippen molar-refractivity contribution in [2.75, 3.05) is 6.67 Å². The minimum Gasteiger partial charge on any atom is -0.298 e. The van der Waals surface area contributed by atoms with Crippen LogP contribution in [0.4, 0.5) is 4.39 Å². The Hall–Kier alpha value is -1.62. The van der Waals surface area contributed by atoms with Crippen molar-refractivity contribution in [1.29, 1.82) is 0 Å². The Morgan fingerprint density at radius 1 is 1.42 bits per heavy atom. The maximum Gasteiger partial charge on any atom is 0.151 e. The van der Waals surface area contributed by atoms with E-state index < -0.39 is 6.67 Å². The number of rotatable bonds is 1. The van der Waals surface area contributed by atoms with Crippen LogP contribution in [0.5, 0.6) is 0 Å². The monoisotopic (exact) mass is 162 g/mol. The van der Waals surface area contributed by atoms with Crippen LogP contribution in [0.3, 0.4) is 0 Å². The van der Waals surface area contributed by atoms with Crippen molar-refractivity contribution >= 4 is 6.29 Å². The highest BCUT2D eigenvalue weighted by Crippen LogP contribution is 2.03. The summed E-state index contributed by atoms with van der Waals surface area (Å²) in [4.78, 5) is 10.4. The molecule has 0 spiro atoms. The molecule has 0 aliphatic carbocycles. The molecule has 1 aromatic rings. The molecule has 12 heavy (non-hydrogen) atoms. The van der Waals surface area contributed by atoms with Crippen molar-refractivity contribution in [3.05, 3.63) is 35.4 Å². The molecule has 0 saturated heterocycles. The molecule has 0 bridgehead atoms. The molecule has 0 aliphatic heterocycles. The molecule has 1 nitrogen and oxygen atoms in total. The number of carbonyl (C=O) groups is 1. The summed E-state index contributed by atoms with van der Waals surface area (Å²) in [6.45, 7) is -0.687. The van der Waals surface area contributed by atoms with Gasteiger partial charge in [-0.05, 0) is 6.07 Å². The maximum atomic E-state index is 11.7. The quantitative estimate of drug-likeness (QED) is 0.454. The summed E-state index contributed by atoms with van der Waals surface area (Å²) in [6, 6.07) is 6.83. The van der Waals surface area contributed by atoms with Gasteiger partial charge in [-0.3, -0.25) is 4.79 Å². The topological polar surface area (TPSA) is 17.1 Å². The second kappa shape index (κ2) is 4.30. The smallest absolute Gasteiger partial charge is 0.151 e. The van der Waals surface area contributed by atoms with Crippen molar-refractivity contribution in [2.24, 2.45) is 0 Å². The number of benzene rings is 1. The van der Waals surface area contributed by atoms with E-state index in [2.05, 4.69) is 11.8 Å². The zero-order valence-electron chi connectivity index (χ0n) is 6.38. The molecule has 0 atom stereocenters. The molecule has 0 amide bonds. The Morgan fingerprint density at radius 2 is 2.17 bits per heavy atom. The Kier molecular flexibility index (Phi) is 3.04. The Labute approximate surface area is 70.2 Å². The first-order chi connectivity index (χ1) is 5.88. The average molecular weight is 162 g/mol. The van der Waals surface area contributed by atoms with Crippen molar-refractivity contribution in [1.82, 2.24) is 0 Å². The highest BCUT2D eigenvalue weighted by Gasteiger charge is 1.94. The molecule has 0 radical (unpaired) electrons. The van der Waals surface area contributed by atoms with Crippen LogP contribution in [0, 0.1) is 11.8 Å². The highest BCUT2D eigenvalue weighted by molar-refractivity contribution is 5.79. The maximum absolute atomic E-state index is 11.7. The predicted octanol–water partition coefficient (Wildman–Crippen LogP) is 1.82. The van der Waals surface area contributed by atoms with Gasteiger partial charge in [-0.25, -0.2) is 4.39 Å². The van der Waals surface area contributed by atoms with Crippen LogP contribution in [0.25, 0.3) is 0 Å². The van der Waals surface area contributed by atoms with Crippen LogP contribution >= 0.6 is 0 Å². The van der Waals surface area contributed by atoms with E-state index in [0.29, 0.717) is 17.4 Å². The molecule has 0 aliphatic rings. The third kappa shape index (κ3) is 1.93. The van der Waals surface area contributed by atoms with Gasteiger partial charge in [0.05, 0.1) is 0 Å². The summed E-state index contributed by atoms with van der Waals surface area (Å²) in [5, 5.41) is 0. The first-order valence-electron chi connectivity index (χ1n) is 3.47. The lowest BCUT2D eigenvalue weighted by molar-refractivity contribution is 0.112.